The Hall–Kier alpha value is -1.58. The highest BCUT2D eigenvalue weighted by molar-refractivity contribution is 7.88. The van der Waals surface area contributed by atoms with Gasteiger partial charge in [-0.3, -0.25) is 4.79 Å². The van der Waals surface area contributed by atoms with Crippen LogP contribution in [-0.2, 0) is 14.8 Å². The summed E-state index contributed by atoms with van der Waals surface area (Å²) in [4.78, 5) is 12.1. The van der Waals surface area contributed by atoms with Crippen molar-refractivity contribution < 1.29 is 13.2 Å². The Morgan fingerprint density at radius 1 is 1.40 bits per heavy atom. The maximum Gasteiger partial charge on any atom is 0.230 e. The number of benzene rings is 1. The lowest BCUT2D eigenvalue weighted by molar-refractivity contribution is -0.122. The van der Waals surface area contributed by atoms with Crippen molar-refractivity contribution in [3.63, 3.8) is 0 Å². The summed E-state index contributed by atoms with van der Waals surface area (Å²) >= 11 is 1.09. The maximum atomic E-state index is 12.1. The van der Waals surface area contributed by atoms with Gasteiger partial charge in [-0.2, -0.15) is 8.75 Å². The molecule has 1 saturated heterocycles. The van der Waals surface area contributed by atoms with E-state index in [9.17, 15) is 13.2 Å². The number of nitrogens with one attached hydrogen (secondary N) is 1. The molecule has 1 aliphatic rings. The van der Waals surface area contributed by atoms with Crippen molar-refractivity contribution in [3.8, 4) is 0 Å². The summed E-state index contributed by atoms with van der Waals surface area (Å²) in [6.07, 6.45) is 1.14. The van der Waals surface area contributed by atoms with E-state index in [1.165, 1.54) is 4.31 Å². The summed E-state index contributed by atoms with van der Waals surface area (Å²) < 4.78 is 32.0. The molecular formula is C11H12N4O3S2. The molecule has 106 valence electrons. The average molecular weight is 312 g/mol. The van der Waals surface area contributed by atoms with Crippen LogP contribution < -0.4 is 5.32 Å². The molecule has 1 fully saturated rings. The van der Waals surface area contributed by atoms with Gasteiger partial charge < -0.3 is 5.32 Å². The number of rotatable bonds is 3. The molecule has 20 heavy (non-hydrogen) atoms. The lowest BCUT2D eigenvalue weighted by Crippen LogP contribution is -2.53. The van der Waals surface area contributed by atoms with Crippen molar-refractivity contribution >= 4 is 44.4 Å². The van der Waals surface area contributed by atoms with Gasteiger partial charge in [0, 0.05) is 13.1 Å². The van der Waals surface area contributed by atoms with Gasteiger partial charge in [0.2, 0.25) is 15.9 Å². The van der Waals surface area contributed by atoms with Crippen molar-refractivity contribution in [2.45, 2.75) is 0 Å². The number of aromatic nitrogens is 2. The van der Waals surface area contributed by atoms with Gasteiger partial charge in [0.25, 0.3) is 0 Å². The molecule has 1 amide bonds. The summed E-state index contributed by atoms with van der Waals surface area (Å²) in [6.45, 7) is 0.464. The van der Waals surface area contributed by atoms with Crippen molar-refractivity contribution in [2.24, 2.45) is 5.92 Å². The van der Waals surface area contributed by atoms with Gasteiger partial charge in [0.1, 0.15) is 11.0 Å². The van der Waals surface area contributed by atoms with Crippen molar-refractivity contribution in [3.05, 3.63) is 18.2 Å². The van der Waals surface area contributed by atoms with Gasteiger partial charge in [0.15, 0.2) is 0 Å². The fraction of sp³-hybridized carbons (Fsp3) is 0.364. The Balaban J connectivity index is 1.70. The zero-order chi connectivity index (χ0) is 14.3. The van der Waals surface area contributed by atoms with Crippen LogP contribution in [0.1, 0.15) is 0 Å². The first kappa shape index (κ1) is 13.4. The SMILES string of the molecule is CS(=O)(=O)N1CC(C(=O)Nc2cccc3nsnc23)C1. The first-order valence-electron chi connectivity index (χ1n) is 5.92. The third-order valence-electron chi connectivity index (χ3n) is 3.23. The van der Waals surface area contributed by atoms with Crippen LogP contribution in [0.3, 0.4) is 0 Å². The van der Waals surface area contributed by atoms with Crippen LogP contribution in [-0.4, -0.2) is 46.7 Å². The molecule has 0 radical (unpaired) electrons. The third kappa shape index (κ3) is 2.39. The predicted octanol–water partition coefficient (Wildman–Crippen LogP) is 0.521. The van der Waals surface area contributed by atoms with Crippen molar-refractivity contribution in [2.75, 3.05) is 24.7 Å². The average Bonchev–Trinajstić information content (AvgIpc) is 2.73. The molecule has 7 nitrogen and oxygen atoms in total. The monoisotopic (exact) mass is 312 g/mol. The lowest BCUT2D eigenvalue weighted by atomic mass is 10.0. The number of hydrogen-bond acceptors (Lipinski definition) is 6. The van der Waals surface area contributed by atoms with E-state index in [2.05, 4.69) is 14.1 Å². The number of fused-ring (bicyclic) bond motifs is 1. The molecule has 0 aliphatic carbocycles. The fourth-order valence-electron chi connectivity index (χ4n) is 2.02. The molecule has 1 aliphatic heterocycles. The van der Waals surface area contributed by atoms with Crippen molar-refractivity contribution in [1.29, 1.82) is 0 Å². The smallest absolute Gasteiger partial charge is 0.230 e. The van der Waals surface area contributed by atoms with E-state index in [0.717, 1.165) is 23.5 Å². The second kappa shape index (κ2) is 4.76. The molecular weight excluding hydrogens is 300 g/mol. The standard InChI is InChI=1S/C11H12N4O3S2/c1-20(17,18)15-5-7(6-15)11(16)12-8-3-2-4-9-10(8)14-19-13-9/h2-4,7H,5-6H2,1H3,(H,12,16). The minimum Gasteiger partial charge on any atom is -0.324 e. The minimum absolute atomic E-state index is 0.189. The molecule has 0 spiro atoms. The fourth-order valence-corrected chi connectivity index (χ4v) is 3.47. The molecule has 2 heterocycles. The molecule has 0 atom stereocenters. The van der Waals surface area contributed by atoms with Crippen LogP contribution in [0.2, 0.25) is 0 Å². The first-order valence-corrected chi connectivity index (χ1v) is 8.50. The molecule has 1 N–H and O–H groups in total. The quantitative estimate of drug-likeness (QED) is 0.892. The van der Waals surface area contributed by atoms with Crippen LogP contribution in [0.4, 0.5) is 5.69 Å². The summed E-state index contributed by atoms with van der Waals surface area (Å²) in [5.41, 5.74) is 2.00. The van der Waals surface area contributed by atoms with Gasteiger partial charge in [-0.25, -0.2) is 12.7 Å². The summed E-state index contributed by atoms with van der Waals surface area (Å²) in [5.74, 6) is -0.503. The number of sulfonamides is 1. The highest BCUT2D eigenvalue weighted by atomic mass is 32.2. The number of amides is 1. The summed E-state index contributed by atoms with van der Waals surface area (Å²) in [6, 6.07) is 5.38. The van der Waals surface area contributed by atoms with Crippen LogP contribution in [0.15, 0.2) is 18.2 Å². The molecule has 2 aromatic rings. The highest BCUT2D eigenvalue weighted by Crippen LogP contribution is 2.24. The van der Waals surface area contributed by atoms with Gasteiger partial charge in [-0.05, 0) is 12.1 Å². The molecule has 0 unspecified atom stereocenters. The molecule has 1 aromatic heterocycles. The van der Waals surface area contributed by atoms with Gasteiger partial charge >= 0.3 is 0 Å². The maximum absolute atomic E-state index is 12.1. The van der Waals surface area contributed by atoms with Gasteiger partial charge in [-0.1, -0.05) is 6.07 Å². The van der Waals surface area contributed by atoms with E-state index in [1.54, 1.807) is 12.1 Å². The van der Waals surface area contributed by atoms with E-state index in [4.69, 9.17) is 0 Å². The van der Waals surface area contributed by atoms with E-state index < -0.39 is 10.0 Å². The summed E-state index contributed by atoms with van der Waals surface area (Å²) in [5, 5.41) is 2.79. The number of anilines is 1. The zero-order valence-corrected chi connectivity index (χ0v) is 12.2. The molecule has 9 heteroatoms. The molecule has 1 aromatic carbocycles. The second-order valence-electron chi connectivity index (χ2n) is 4.70. The first-order chi connectivity index (χ1) is 9.45. The van der Waals surface area contributed by atoms with Crippen LogP contribution in [0.5, 0.6) is 0 Å². The normalized spacial score (nSPS) is 17.1. The Morgan fingerprint density at radius 2 is 2.15 bits per heavy atom. The Labute approximate surface area is 120 Å². The molecule has 0 bridgehead atoms. The number of carbonyl (C=O) groups excluding carboxylic acids is 1. The zero-order valence-electron chi connectivity index (χ0n) is 10.6. The van der Waals surface area contributed by atoms with Gasteiger partial charge in [0.05, 0.1) is 29.6 Å². The minimum atomic E-state index is -3.20. The molecule has 3 rings (SSSR count). The summed E-state index contributed by atoms with van der Waals surface area (Å²) in [7, 11) is -3.20. The Morgan fingerprint density at radius 3 is 2.85 bits per heavy atom. The number of hydrogen-bond donors (Lipinski definition) is 1. The van der Waals surface area contributed by atoms with E-state index in [0.29, 0.717) is 11.2 Å². The number of nitrogens with zero attached hydrogens (tertiary/aromatic N) is 3. The van der Waals surface area contributed by atoms with E-state index in [1.807, 2.05) is 6.07 Å². The van der Waals surface area contributed by atoms with E-state index in [-0.39, 0.29) is 24.9 Å². The van der Waals surface area contributed by atoms with Crippen molar-refractivity contribution in [1.82, 2.24) is 13.1 Å². The van der Waals surface area contributed by atoms with E-state index >= 15 is 0 Å². The lowest BCUT2D eigenvalue weighted by Gasteiger charge is -2.35. The van der Waals surface area contributed by atoms with Crippen LogP contribution in [0.25, 0.3) is 11.0 Å². The topological polar surface area (TPSA) is 92.3 Å². The second-order valence-corrected chi connectivity index (χ2v) is 7.21. The highest BCUT2D eigenvalue weighted by Gasteiger charge is 2.37. The predicted molar refractivity (Wildman–Crippen MR) is 76.0 cm³/mol. The largest absolute Gasteiger partial charge is 0.324 e. The van der Waals surface area contributed by atoms with Crippen LogP contribution in [0, 0.1) is 5.92 Å². The Bertz CT molecular complexity index is 765. The van der Waals surface area contributed by atoms with Crippen LogP contribution >= 0.6 is 11.7 Å². The Kier molecular flexibility index (Phi) is 3.19. The number of carbonyl (C=O) groups is 1. The molecule has 0 saturated carbocycles. The third-order valence-corrected chi connectivity index (χ3v) is 5.01. The van der Waals surface area contributed by atoms with Gasteiger partial charge in [-0.15, -0.1) is 0 Å².